The fraction of sp³-hybridized carbons (Fsp3) is 0.692. The molecule has 1 unspecified atom stereocenters. The fourth-order valence-electron chi connectivity index (χ4n) is 0.972. The first kappa shape index (κ1) is 23.2. The molecule has 0 spiro atoms. The van der Waals surface area contributed by atoms with Crippen molar-refractivity contribution in [3.8, 4) is 0 Å². The van der Waals surface area contributed by atoms with Crippen LogP contribution >= 0.6 is 0 Å². The Hall–Kier alpha value is 0.104. The summed E-state index contributed by atoms with van der Waals surface area (Å²) in [5, 5.41) is 0. The van der Waals surface area contributed by atoms with Crippen molar-refractivity contribution in [3.63, 3.8) is 0 Å². The van der Waals surface area contributed by atoms with Crippen LogP contribution in [-0.2, 0) is 46.9 Å². The minimum Gasteiger partial charge on any atom is -0.702 e. The van der Waals surface area contributed by atoms with Crippen molar-refractivity contribution in [2.45, 2.75) is 40.4 Å². The van der Waals surface area contributed by atoms with Crippen LogP contribution in [0.1, 0.15) is 34.1 Å². The molecular weight excluding hydrogens is 307 g/mol. The second kappa shape index (κ2) is 17.1. The van der Waals surface area contributed by atoms with Gasteiger partial charge in [0.05, 0.1) is 12.4 Å². The SMILES string of the molecule is C=C(C)/C(=C\[NH-])OCCOC(CC)OC.CC.[Y]. The molecule has 1 N–H and O–H groups in total. The van der Waals surface area contributed by atoms with Crippen molar-refractivity contribution < 1.29 is 46.9 Å². The van der Waals surface area contributed by atoms with Gasteiger partial charge in [0, 0.05) is 39.8 Å². The zero-order chi connectivity index (χ0) is 13.7. The Morgan fingerprint density at radius 3 is 2.22 bits per heavy atom. The van der Waals surface area contributed by atoms with Crippen molar-refractivity contribution in [2.75, 3.05) is 20.3 Å². The second-order valence-electron chi connectivity index (χ2n) is 3.08. The van der Waals surface area contributed by atoms with Gasteiger partial charge in [0.25, 0.3) is 0 Å². The smallest absolute Gasteiger partial charge is 0.157 e. The summed E-state index contributed by atoms with van der Waals surface area (Å²) < 4.78 is 15.7. The standard InChI is InChI=1S/C11H20NO3.C2H6.Y/c1-5-11(13-4)15-7-6-14-10(8-12)9(2)3;1-2;/h8,11-12H,2,5-7H2,1,3-4H3;1-2H3;/q-1;;/b10-8+;;. The number of allylic oxidation sites excluding steroid dienone is 1. The van der Waals surface area contributed by atoms with Gasteiger partial charge in [-0.2, -0.15) is 0 Å². The van der Waals surface area contributed by atoms with Gasteiger partial charge in [0.1, 0.15) is 6.61 Å². The summed E-state index contributed by atoms with van der Waals surface area (Å²) in [7, 11) is 1.61. The van der Waals surface area contributed by atoms with E-state index in [9.17, 15) is 0 Å². The molecule has 0 heterocycles. The number of methoxy groups -OCH3 is 1. The van der Waals surface area contributed by atoms with Crippen molar-refractivity contribution in [2.24, 2.45) is 0 Å². The van der Waals surface area contributed by atoms with E-state index in [4.69, 9.17) is 19.9 Å². The normalized spacial score (nSPS) is 11.7. The Kier molecular flexibility index (Phi) is 22.1. The van der Waals surface area contributed by atoms with E-state index >= 15 is 0 Å². The molecule has 0 saturated carbocycles. The largest absolute Gasteiger partial charge is 0.702 e. The summed E-state index contributed by atoms with van der Waals surface area (Å²) in [6.45, 7) is 12.3. The molecule has 0 bridgehead atoms. The molecule has 1 radical (unpaired) electrons. The molecule has 0 rings (SSSR count). The van der Waals surface area contributed by atoms with Gasteiger partial charge >= 0.3 is 0 Å². The molecule has 1 atom stereocenters. The summed E-state index contributed by atoms with van der Waals surface area (Å²) in [5.41, 5.74) is 7.81. The van der Waals surface area contributed by atoms with E-state index in [0.717, 1.165) is 18.2 Å². The average molecular weight is 333 g/mol. The summed E-state index contributed by atoms with van der Waals surface area (Å²) in [4.78, 5) is 0. The van der Waals surface area contributed by atoms with E-state index in [0.29, 0.717) is 19.0 Å². The van der Waals surface area contributed by atoms with E-state index in [1.165, 1.54) is 0 Å². The van der Waals surface area contributed by atoms with Gasteiger partial charge in [-0.1, -0.05) is 27.4 Å². The van der Waals surface area contributed by atoms with Crippen molar-refractivity contribution in [1.29, 1.82) is 0 Å². The molecule has 0 aromatic heterocycles. The molecule has 0 aromatic carbocycles. The Labute approximate surface area is 137 Å². The van der Waals surface area contributed by atoms with Crippen LogP contribution in [-0.4, -0.2) is 26.6 Å². The topological polar surface area (TPSA) is 51.5 Å². The molecule has 0 aromatic rings. The summed E-state index contributed by atoms with van der Waals surface area (Å²) in [6.07, 6.45) is 1.77. The molecular formula is C13H26NO3Y-. The molecule has 18 heavy (non-hydrogen) atoms. The van der Waals surface area contributed by atoms with E-state index in [1.807, 2.05) is 20.8 Å². The minimum absolute atomic E-state index is 0. The van der Waals surface area contributed by atoms with Gasteiger partial charge in [0.2, 0.25) is 0 Å². The zero-order valence-corrected chi connectivity index (χ0v) is 15.1. The predicted octanol–water partition coefficient (Wildman–Crippen LogP) is 3.90. The first-order valence-corrected chi connectivity index (χ1v) is 5.96. The van der Waals surface area contributed by atoms with Gasteiger partial charge in [-0.15, -0.1) is 6.20 Å². The fourth-order valence-corrected chi connectivity index (χ4v) is 0.972. The Morgan fingerprint density at radius 2 is 1.89 bits per heavy atom. The maximum atomic E-state index is 7.07. The number of rotatable bonds is 8. The van der Waals surface area contributed by atoms with Crippen LogP contribution in [0.2, 0.25) is 0 Å². The zero-order valence-electron chi connectivity index (χ0n) is 12.3. The van der Waals surface area contributed by atoms with Gasteiger partial charge in [0.15, 0.2) is 6.29 Å². The Balaban J connectivity index is -0.000000709. The molecule has 0 amide bonds. The van der Waals surface area contributed by atoms with Crippen LogP contribution in [0.15, 0.2) is 24.1 Å². The molecule has 0 aliphatic carbocycles. The van der Waals surface area contributed by atoms with E-state index in [2.05, 4.69) is 6.58 Å². The molecule has 4 nitrogen and oxygen atoms in total. The molecule has 5 heteroatoms. The van der Waals surface area contributed by atoms with Crippen LogP contribution in [0.25, 0.3) is 5.73 Å². The number of hydrogen-bond acceptors (Lipinski definition) is 3. The third-order valence-electron chi connectivity index (χ3n) is 1.79. The molecule has 105 valence electrons. The van der Waals surface area contributed by atoms with Crippen molar-refractivity contribution >= 4 is 0 Å². The van der Waals surface area contributed by atoms with Gasteiger partial charge in [-0.3, -0.25) is 0 Å². The average Bonchev–Trinajstić information content (AvgIpc) is 2.36. The summed E-state index contributed by atoms with van der Waals surface area (Å²) in [5.74, 6) is 0.490. The maximum Gasteiger partial charge on any atom is 0.157 e. The molecule has 0 aliphatic rings. The number of hydrogen-bond donors (Lipinski definition) is 0. The van der Waals surface area contributed by atoms with Crippen LogP contribution in [0, 0.1) is 0 Å². The van der Waals surface area contributed by atoms with E-state index in [-0.39, 0.29) is 39.0 Å². The van der Waals surface area contributed by atoms with Crippen LogP contribution in [0.5, 0.6) is 0 Å². The van der Waals surface area contributed by atoms with Crippen LogP contribution in [0.4, 0.5) is 0 Å². The molecule has 0 saturated heterocycles. The molecule has 0 aliphatic heterocycles. The number of ether oxygens (including phenoxy) is 3. The maximum absolute atomic E-state index is 7.07. The first-order chi connectivity index (χ1) is 8.15. The summed E-state index contributed by atoms with van der Waals surface area (Å²) in [6, 6.07) is 0. The predicted molar refractivity (Wildman–Crippen MR) is 71.6 cm³/mol. The monoisotopic (exact) mass is 333 g/mol. The Bertz CT molecular complexity index is 216. The molecule has 0 fully saturated rings. The second-order valence-corrected chi connectivity index (χ2v) is 3.08. The quantitative estimate of drug-likeness (QED) is 0.293. The van der Waals surface area contributed by atoms with E-state index in [1.54, 1.807) is 14.0 Å². The van der Waals surface area contributed by atoms with Gasteiger partial charge < -0.3 is 19.9 Å². The Morgan fingerprint density at radius 1 is 1.33 bits per heavy atom. The number of nitrogens with one attached hydrogen (secondary N) is 1. The van der Waals surface area contributed by atoms with E-state index < -0.39 is 0 Å². The van der Waals surface area contributed by atoms with Gasteiger partial charge in [-0.25, -0.2) is 0 Å². The third-order valence-corrected chi connectivity index (χ3v) is 1.79. The van der Waals surface area contributed by atoms with Crippen LogP contribution < -0.4 is 0 Å². The minimum atomic E-state index is -0.179. The first-order valence-electron chi connectivity index (χ1n) is 5.96. The van der Waals surface area contributed by atoms with Gasteiger partial charge in [-0.05, 0) is 18.9 Å². The summed E-state index contributed by atoms with van der Waals surface area (Å²) >= 11 is 0. The van der Waals surface area contributed by atoms with Crippen LogP contribution in [0.3, 0.4) is 0 Å². The van der Waals surface area contributed by atoms with Crippen molar-refractivity contribution in [1.82, 2.24) is 0 Å². The third kappa shape index (κ3) is 12.6. The van der Waals surface area contributed by atoms with Crippen molar-refractivity contribution in [3.05, 3.63) is 29.8 Å².